The summed E-state index contributed by atoms with van der Waals surface area (Å²) in [5.74, 6) is 3.00. The number of morpholine rings is 2. The maximum Gasteiger partial charge on any atom is 0.229 e. The van der Waals surface area contributed by atoms with Gasteiger partial charge in [-0.15, -0.1) is 0 Å². The van der Waals surface area contributed by atoms with Crippen LogP contribution in [0.1, 0.15) is 5.76 Å². The molecule has 0 spiro atoms. The fourth-order valence-corrected chi connectivity index (χ4v) is 3.01. The van der Waals surface area contributed by atoms with E-state index in [1.54, 1.807) is 18.6 Å². The molecule has 1 N–H and O–H groups in total. The van der Waals surface area contributed by atoms with E-state index < -0.39 is 0 Å². The van der Waals surface area contributed by atoms with Crippen molar-refractivity contribution in [2.75, 3.05) is 67.8 Å². The molecule has 2 aliphatic rings. The van der Waals surface area contributed by atoms with E-state index in [-0.39, 0.29) is 0 Å². The molecule has 4 rings (SSSR count). The highest BCUT2D eigenvalue weighted by Crippen LogP contribution is 2.22. The molecule has 0 saturated carbocycles. The smallest absolute Gasteiger partial charge is 0.229 e. The van der Waals surface area contributed by atoms with E-state index in [4.69, 9.17) is 18.9 Å². The van der Waals surface area contributed by atoms with Crippen LogP contribution >= 0.6 is 0 Å². The van der Waals surface area contributed by atoms with Gasteiger partial charge in [-0.1, -0.05) is 0 Å². The molecule has 0 aliphatic carbocycles. The summed E-state index contributed by atoms with van der Waals surface area (Å²) in [6, 6.07) is 5.64. The van der Waals surface area contributed by atoms with Crippen molar-refractivity contribution < 1.29 is 13.9 Å². The molecule has 2 fully saturated rings. The molecule has 0 atom stereocenters. The van der Waals surface area contributed by atoms with Crippen LogP contribution in [-0.4, -0.2) is 68.8 Å². The molecule has 4 heterocycles. The largest absolute Gasteiger partial charge is 0.465 e. The summed E-state index contributed by atoms with van der Waals surface area (Å²) >= 11 is 0. The van der Waals surface area contributed by atoms with Gasteiger partial charge >= 0.3 is 0 Å². The number of hydrogen-bond donors (Lipinski definition) is 1. The van der Waals surface area contributed by atoms with Gasteiger partial charge in [-0.3, -0.25) is 5.43 Å². The molecular weight excluding hydrogens is 360 g/mol. The third-order valence-corrected chi connectivity index (χ3v) is 4.47. The fraction of sp³-hybridized carbons (Fsp3) is 0.421. The van der Waals surface area contributed by atoms with Crippen molar-refractivity contribution in [1.29, 1.82) is 0 Å². The number of nitrogens with zero attached hydrogens (tertiary/aromatic N) is 5. The Morgan fingerprint density at radius 1 is 1.00 bits per heavy atom. The lowest BCUT2D eigenvalue weighted by molar-refractivity contribution is 0.121. The van der Waals surface area contributed by atoms with Crippen molar-refractivity contribution in [3.8, 4) is 0 Å². The Morgan fingerprint density at radius 2 is 1.75 bits per heavy atom. The molecule has 28 heavy (non-hydrogen) atoms. The van der Waals surface area contributed by atoms with Crippen molar-refractivity contribution in [2.24, 2.45) is 5.10 Å². The van der Waals surface area contributed by atoms with Crippen molar-refractivity contribution in [2.45, 2.75) is 0 Å². The number of furan rings is 1. The second-order valence-electron chi connectivity index (χ2n) is 6.37. The quantitative estimate of drug-likeness (QED) is 0.596. The molecule has 2 aromatic heterocycles. The van der Waals surface area contributed by atoms with Crippen molar-refractivity contribution in [3.05, 3.63) is 36.3 Å². The second-order valence-corrected chi connectivity index (χ2v) is 6.37. The molecule has 0 bridgehead atoms. The highest BCUT2D eigenvalue weighted by atomic mass is 16.5. The summed E-state index contributed by atoms with van der Waals surface area (Å²) in [6.07, 6.45) is 6.94. The molecule has 0 unspecified atom stereocenters. The van der Waals surface area contributed by atoms with Gasteiger partial charge in [-0.25, -0.2) is 0 Å². The molecule has 0 aromatic carbocycles. The molecule has 0 radical (unpaired) electrons. The van der Waals surface area contributed by atoms with Crippen LogP contribution in [0.3, 0.4) is 0 Å². The average molecular weight is 384 g/mol. The monoisotopic (exact) mass is 384 g/mol. The number of aromatic nitrogens is 2. The van der Waals surface area contributed by atoms with Gasteiger partial charge in [0, 0.05) is 38.5 Å². The fourth-order valence-electron chi connectivity index (χ4n) is 3.01. The van der Waals surface area contributed by atoms with Crippen LogP contribution in [-0.2, 0) is 9.47 Å². The van der Waals surface area contributed by atoms with E-state index in [0.717, 1.165) is 37.8 Å². The number of hydrogen-bond acceptors (Lipinski definition) is 9. The molecule has 2 aliphatic heterocycles. The number of rotatable bonds is 6. The van der Waals surface area contributed by atoms with Gasteiger partial charge in [0.05, 0.1) is 32.7 Å². The van der Waals surface area contributed by atoms with Gasteiger partial charge < -0.3 is 23.7 Å². The predicted molar refractivity (Wildman–Crippen MR) is 108 cm³/mol. The third kappa shape index (κ3) is 4.87. The summed E-state index contributed by atoms with van der Waals surface area (Å²) in [4.78, 5) is 13.8. The molecule has 0 amide bonds. The van der Waals surface area contributed by atoms with E-state index in [1.807, 2.05) is 24.3 Å². The van der Waals surface area contributed by atoms with E-state index in [1.165, 1.54) is 0 Å². The molecule has 9 heteroatoms. The molecule has 148 valence electrons. The second kappa shape index (κ2) is 9.34. The first-order valence-corrected chi connectivity index (χ1v) is 9.42. The number of anilines is 3. The predicted octanol–water partition coefficient (Wildman–Crippen LogP) is 1.85. The number of nitrogens with one attached hydrogen (secondary N) is 1. The van der Waals surface area contributed by atoms with E-state index in [0.29, 0.717) is 38.2 Å². The molecular formula is C19H24N6O3. The minimum Gasteiger partial charge on any atom is -0.465 e. The Hall–Kier alpha value is -2.91. The number of ether oxygens (including phenoxy) is 2. The Balaban J connectivity index is 1.49. The average Bonchev–Trinajstić information content (AvgIpc) is 3.28. The van der Waals surface area contributed by atoms with Crippen LogP contribution in [0.2, 0.25) is 0 Å². The van der Waals surface area contributed by atoms with Gasteiger partial charge in [-0.2, -0.15) is 15.1 Å². The summed E-state index contributed by atoms with van der Waals surface area (Å²) in [5.41, 5.74) is 3.00. The van der Waals surface area contributed by atoms with Gasteiger partial charge in [0.15, 0.2) is 5.82 Å². The minimum atomic E-state index is 0.653. The van der Waals surface area contributed by atoms with Crippen LogP contribution in [0.15, 0.2) is 40.1 Å². The lowest BCUT2D eigenvalue weighted by Gasteiger charge is -2.31. The Labute approximate surface area is 163 Å². The maximum absolute atomic E-state index is 5.45. The molecule has 2 aromatic rings. The third-order valence-electron chi connectivity index (χ3n) is 4.47. The van der Waals surface area contributed by atoms with Gasteiger partial charge in [0.2, 0.25) is 5.95 Å². The van der Waals surface area contributed by atoms with Crippen molar-refractivity contribution in [1.82, 2.24) is 9.97 Å². The van der Waals surface area contributed by atoms with E-state index in [9.17, 15) is 0 Å². The zero-order valence-corrected chi connectivity index (χ0v) is 15.7. The molecule has 2 saturated heterocycles. The van der Waals surface area contributed by atoms with Gasteiger partial charge in [0.25, 0.3) is 0 Å². The Kier molecular flexibility index (Phi) is 6.15. The van der Waals surface area contributed by atoms with Crippen molar-refractivity contribution >= 4 is 29.9 Å². The molecule has 9 nitrogen and oxygen atoms in total. The van der Waals surface area contributed by atoms with Gasteiger partial charge in [-0.05, 0) is 24.3 Å². The maximum atomic E-state index is 5.45. The van der Waals surface area contributed by atoms with E-state index in [2.05, 4.69) is 25.3 Å². The number of hydrazone groups is 1. The Morgan fingerprint density at radius 3 is 2.46 bits per heavy atom. The van der Waals surface area contributed by atoms with E-state index >= 15 is 0 Å². The first kappa shape index (κ1) is 18.5. The highest BCUT2D eigenvalue weighted by Gasteiger charge is 2.19. The van der Waals surface area contributed by atoms with Crippen LogP contribution < -0.4 is 15.2 Å². The topological polar surface area (TPSA) is 88.2 Å². The van der Waals surface area contributed by atoms with Crippen LogP contribution in [0.5, 0.6) is 0 Å². The van der Waals surface area contributed by atoms with Crippen LogP contribution in [0.25, 0.3) is 6.08 Å². The Bertz CT molecular complexity index is 760. The lowest BCUT2D eigenvalue weighted by atomic mass is 10.4. The van der Waals surface area contributed by atoms with Crippen molar-refractivity contribution in [3.63, 3.8) is 0 Å². The van der Waals surface area contributed by atoms with Crippen LogP contribution in [0, 0.1) is 0 Å². The van der Waals surface area contributed by atoms with Gasteiger partial charge in [0.1, 0.15) is 11.6 Å². The standard InChI is InChI=1S/C19H24N6O3/c1(3-16-4-2-10-28-16)5-20-23-17-15-18(24-6-11-26-12-7-24)22-19(21-17)25-8-13-27-14-9-25/h1-5,10,15H,6-9,11-14H2,(H,21,22,23)/b3-1+,20-5?. The zero-order chi connectivity index (χ0) is 19.0. The lowest BCUT2D eigenvalue weighted by Crippen LogP contribution is -2.39. The summed E-state index contributed by atoms with van der Waals surface area (Å²) in [5, 5.41) is 4.23. The summed E-state index contributed by atoms with van der Waals surface area (Å²) in [7, 11) is 0. The SMILES string of the molecule is C(/C=C/c1ccco1)=NNc1cc(N2CCOCC2)nc(N2CCOCC2)n1. The summed E-state index contributed by atoms with van der Waals surface area (Å²) < 4.78 is 16.1. The minimum absolute atomic E-state index is 0.653. The number of allylic oxidation sites excluding steroid dienone is 1. The van der Waals surface area contributed by atoms with Crippen LogP contribution in [0.4, 0.5) is 17.6 Å². The first-order chi connectivity index (χ1) is 13.9. The summed E-state index contributed by atoms with van der Waals surface area (Å²) in [6.45, 7) is 5.96. The highest BCUT2D eigenvalue weighted by molar-refractivity contribution is 5.78. The first-order valence-electron chi connectivity index (χ1n) is 9.42. The normalized spacial score (nSPS) is 18.3. The zero-order valence-electron chi connectivity index (χ0n) is 15.7.